The van der Waals surface area contributed by atoms with E-state index in [1.165, 1.54) is 0 Å². The van der Waals surface area contributed by atoms with Crippen LogP contribution in [0.4, 0.5) is 0 Å². The fourth-order valence-corrected chi connectivity index (χ4v) is 4.15. The number of nitrogens with zero attached hydrogens (tertiary/aromatic N) is 1. The molecule has 3 nitrogen and oxygen atoms in total. The third-order valence-electron chi connectivity index (χ3n) is 2.89. The van der Waals surface area contributed by atoms with E-state index in [2.05, 4.69) is 4.40 Å². The molecule has 68 valence electrons. The molecule has 1 aliphatic heterocycles. The zero-order chi connectivity index (χ0) is 8.77. The quantitative estimate of drug-likeness (QED) is 0.574. The van der Waals surface area contributed by atoms with Gasteiger partial charge in [0.25, 0.3) is 10.0 Å². The van der Waals surface area contributed by atoms with Crippen molar-refractivity contribution in [1.29, 1.82) is 0 Å². The molecule has 12 heavy (non-hydrogen) atoms. The normalized spacial score (nSPS) is 38.9. The Morgan fingerprint density at radius 1 is 1.33 bits per heavy atom. The summed E-state index contributed by atoms with van der Waals surface area (Å²) in [5, 5.41) is -0.175. The van der Waals surface area contributed by atoms with Crippen LogP contribution in [0.3, 0.4) is 0 Å². The summed E-state index contributed by atoms with van der Waals surface area (Å²) in [6, 6.07) is 0. The van der Waals surface area contributed by atoms with Crippen LogP contribution in [0.2, 0.25) is 0 Å². The maximum absolute atomic E-state index is 11.4. The smallest absolute Gasteiger partial charge is 0.204 e. The molecule has 2 aliphatic rings. The van der Waals surface area contributed by atoms with Crippen LogP contribution >= 0.6 is 0 Å². The summed E-state index contributed by atoms with van der Waals surface area (Å²) in [6.07, 6.45) is 4.03. The van der Waals surface area contributed by atoms with Crippen LogP contribution in [0.5, 0.6) is 0 Å². The van der Waals surface area contributed by atoms with Gasteiger partial charge in [0.05, 0.1) is 5.25 Å². The molecular weight excluding hydrogens is 174 g/mol. The first-order chi connectivity index (χ1) is 5.61. The number of hydrogen-bond donors (Lipinski definition) is 0. The van der Waals surface area contributed by atoms with E-state index in [0.717, 1.165) is 31.4 Å². The van der Waals surface area contributed by atoms with Crippen molar-refractivity contribution in [1.82, 2.24) is 0 Å². The Hall–Kier alpha value is -0.380. The van der Waals surface area contributed by atoms with E-state index in [4.69, 9.17) is 0 Å². The summed E-state index contributed by atoms with van der Waals surface area (Å²) in [5.74, 6) is 0.240. The first-order valence-electron chi connectivity index (χ1n) is 4.41. The number of rotatable bonds is 0. The summed E-state index contributed by atoms with van der Waals surface area (Å²) >= 11 is 0. The van der Waals surface area contributed by atoms with Gasteiger partial charge in [-0.15, -0.1) is 0 Å². The topological polar surface area (TPSA) is 46.5 Å². The lowest BCUT2D eigenvalue weighted by molar-refractivity contribution is 0.438. The van der Waals surface area contributed by atoms with E-state index >= 15 is 0 Å². The highest BCUT2D eigenvalue weighted by molar-refractivity contribution is 7.91. The van der Waals surface area contributed by atoms with E-state index in [1.807, 2.05) is 6.92 Å². The highest BCUT2D eigenvalue weighted by atomic mass is 32.2. The third-order valence-corrected chi connectivity index (χ3v) is 4.76. The zero-order valence-electron chi connectivity index (χ0n) is 7.16. The van der Waals surface area contributed by atoms with Gasteiger partial charge in [0.2, 0.25) is 0 Å². The Labute approximate surface area is 72.9 Å². The van der Waals surface area contributed by atoms with Gasteiger partial charge in [-0.1, -0.05) is 12.8 Å². The van der Waals surface area contributed by atoms with Crippen LogP contribution in [0.25, 0.3) is 0 Å². The average Bonchev–Trinajstić information content (AvgIpc) is 2.25. The third kappa shape index (κ3) is 1.09. The van der Waals surface area contributed by atoms with Gasteiger partial charge < -0.3 is 0 Å². The van der Waals surface area contributed by atoms with Gasteiger partial charge >= 0.3 is 0 Å². The summed E-state index contributed by atoms with van der Waals surface area (Å²) in [5.41, 5.74) is 0.833. The monoisotopic (exact) mass is 187 g/mol. The molecule has 4 heteroatoms. The maximum Gasteiger partial charge on any atom is 0.256 e. The molecule has 0 N–H and O–H groups in total. The highest BCUT2D eigenvalue weighted by Crippen LogP contribution is 2.36. The van der Waals surface area contributed by atoms with Crippen LogP contribution in [-0.4, -0.2) is 19.4 Å². The Bertz CT molecular complexity index is 318. The second-order valence-corrected chi connectivity index (χ2v) is 5.50. The first kappa shape index (κ1) is 8.23. The van der Waals surface area contributed by atoms with E-state index in [1.54, 1.807) is 0 Å². The SMILES string of the molecule is CC1=NS(=O)(=O)C2CCCCC12. The molecule has 2 rings (SSSR count). The van der Waals surface area contributed by atoms with Crippen molar-refractivity contribution in [3.05, 3.63) is 0 Å². The van der Waals surface area contributed by atoms with E-state index in [9.17, 15) is 8.42 Å². The Morgan fingerprint density at radius 2 is 2.00 bits per heavy atom. The van der Waals surface area contributed by atoms with Gasteiger partial charge in [0, 0.05) is 11.6 Å². The average molecular weight is 187 g/mol. The molecule has 2 atom stereocenters. The van der Waals surface area contributed by atoms with Crippen molar-refractivity contribution in [2.24, 2.45) is 10.3 Å². The molecule has 1 saturated carbocycles. The van der Waals surface area contributed by atoms with Crippen LogP contribution in [-0.2, 0) is 10.0 Å². The van der Waals surface area contributed by atoms with Crippen molar-refractivity contribution >= 4 is 15.7 Å². The van der Waals surface area contributed by atoms with Crippen molar-refractivity contribution < 1.29 is 8.42 Å². The summed E-state index contributed by atoms with van der Waals surface area (Å²) < 4.78 is 26.6. The molecule has 0 saturated heterocycles. The maximum atomic E-state index is 11.4. The van der Waals surface area contributed by atoms with Gasteiger partial charge in [-0.2, -0.15) is 4.40 Å². The zero-order valence-corrected chi connectivity index (χ0v) is 7.97. The largest absolute Gasteiger partial charge is 0.256 e. The van der Waals surface area contributed by atoms with Crippen molar-refractivity contribution in [3.8, 4) is 0 Å². The van der Waals surface area contributed by atoms with E-state index in [0.29, 0.717) is 0 Å². The fourth-order valence-electron chi connectivity index (χ4n) is 2.27. The lowest BCUT2D eigenvalue weighted by Gasteiger charge is -2.23. The van der Waals surface area contributed by atoms with Crippen molar-refractivity contribution in [3.63, 3.8) is 0 Å². The summed E-state index contributed by atoms with van der Waals surface area (Å²) in [7, 11) is -3.11. The van der Waals surface area contributed by atoms with E-state index in [-0.39, 0.29) is 11.2 Å². The van der Waals surface area contributed by atoms with E-state index < -0.39 is 10.0 Å². The molecule has 1 fully saturated rings. The van der Waals surface area contributed by atoms with Crippen molar-refractivity contribution in [2.45, 2.75) is 37.9 Å². The minimum Gasteiger partial charge on any atom is -0.204 e. The van der Waals surface area contributed by atoms with Gasteiger partial charge in [0.15, 0.2) is 0 Å². The molecular formula is C8H13NO2S. The molecule has 0 bridgehead atoms. The molecule has 0 amide bonds. The first-order valence-corrected chi connectivity index (χ1v) is 5.92. The second-order valence-electron chi connectivity index (χ2n) is 3.68. The second kappa shape index (κ2) is 2.55. The number of sulfonamides is 1. The van der Waals surface area contributed by atoms with Crippen LogP contribution in [0.15, 0.2) is 4.40 Å². The molecule has 1 aliphatic carbocycles. The van der Waals surface area contributed by atoms with Crippen molar-refractivity contribution in [2.75, 3.05) is 0 Å². The van der Waals surface area contributed by atoms with Crippen LogP contribution in [0, 0.1) is 5.92 Å². The Morgan fingerprint density at radius 3 is 2.67 bits per heavy atom. The summed E-state index contributed by atoms with van der Waals surface area (Å²) in [4.78, 5) is 0. The molecule has 1 heterocycles. The van der Waals surface area contributed by atoms with Gasteiger partial charge in [-0.25, -0.2) is 8.42 Å². The summed E-state index contributed by atoms with van der Waals surface area (Å²) in [6.45, 7) is 1.84. The molecule has 0 aromatic rings. The lowest BCUT2D eigenvalue weighted by Crippen LogP contribution is -2.29. The molecule has 0 aromatic carbocycles. The number of fused-ring (bicyclic) bond motifs is 1. The van der Waals surface area contributed by atoms with Gasteiger partial charge in [0.1, 0.15) is 0 Å². The number of hydrogen-bond acceptors (Lipinski definition) is 2. The standard InChI is InChI=1S/C8H13NO2S/c1-6-7-4-2-3-5-8(7)12(10,11)9-6/h7-8H,2-5H2,1H3. The lowest BCUT2D eigenvalue weighted by atomic mass is 9.86. The molecule has 0 radical (unpaired) electrons. The minimum absolute atomic E-state index is 0.175. The van der Waals surface area contributed by atoms with Crippen LogP contribution in [0.1, 0.15) is 32.6 Å². The Kier molecular flexibility index (Phi) is 1.75. The predicted octanol–water partition coefficient (Wildman–Crippen LogP) is 1.35. The highest BCUT2D eigenvalue weighted by Gasteiger charge is 2.41. The van der Waals surface area contributed by atoms with Gasteiger partial charge in [-0.3, -0.25) is 0 Å². The Balaban J connectivity index is 2.37. The fraction of sp³-hybridized carbons (Fsp3) is 0.875. The molecule has 2 unspecified atom stereocenters. The predicted molar refractivity (Wildman–Crippen MR) is 47.8 cm³/mol. The van der Waals surface area contributed by atoms with Crippen LogP contribution < -0.4 is 0 Å². The minimum atomic E-state index is -3.11. The molecule has 0 spiro atoms. The molecule has 0 aromatic heterocycles. The van der Waals surface area contributed by atoms with Gasteiger partial charge in [-0.05, 0) is 19.8 Å².